The normalized spacial score (nSPS) is 18.3. The number of carbonyl (C=O) groups is 2. The van der Waals surface area contributed by atoms with Crippen LogP contribution >= 0.6 is 11.6 Å². The molecule has 2 fully saturated rings. The molecule has 0 saturated carbocycles. The van der Waals surface area contributed by atoms with Gasteiger partial charge in [-0.25, -0.2) is 9.31 Å². The summed E-state index contributed by atoms with van der Waals surface area (Å²) in [7, 11) is 1.64. The smallest absolute Gasteiger partial charge is 0.410 e. The molecular weight excluding hydrogens is 630 g/mol. The van der Waals surface area contributed by atoms with Crippen LogP contribution in [0, 0.1) is 5.92 Å². The van der Waals surface area contributed by atoms with E-state index >= 15 is 0 Å². The minimum absolute atomic E-state index is 0.0127. The van der Waals surface area contributed by atoms with Crippen LogP contribution in [0.25, 0.3) is 16.6 Å². The van der Waals surface area contributed by atoms with Crippen LogP contribution in [0.15, 0.2) is 67.0 Å². The molecular formula is C37H44ClN5O5. The molecule has 6 rings (SSSR count). The van der Waals surface area contributed by atoms with Gasteiger partial charge in [0.2, 0.25) is 5.91 Å². The number of benzene rings is 2. The van der Waals surface area contributed by atoms with Crippen molar-refractivity contribution in [1.29, 1.82) is 0 Å². The lowest BCUT2D eigenvalue weighted by molar-refractivity contribution is -0.129. The largest absolute Gasteiger partial charge is 0.497 e. The van der Waals surface area contributed by atoms with Crippen molar-refractivity contribution in [3.63, 3.8) is 0 Å². The molecule has 2 aliphatic heterocycles. The molecule has 3 atom stereocenters. The Balaban J connectivity index is 1.14. The third-order valence-electron chi connectivity index (χ3n) is 9.26. The SMILES string of the molecule is COc1ccc([C@@H](C)N2CC([C@@H](C)Oc3cc(-c4ccc(N5CCN(C(=O)OC(C)(C)C)CC5)cc4)cn4ncc(Cl)c34)CC2=O)cc1. The maximum Gasteiger partial charge on any atom is 0.410 e. The average molecular weight is 674 g/mol. The first-order valence-electron chi connectivity index (χ1n) is 16.5. The standard InChI is InChI=1S/C37H44ClN5O5/c1-24(26-9-13-31(46-6)14-10-26)42-22-28(20-34(42)44)25(2)47-33-19-29(23-43-35(33)32(38)21-39-43)27-7-11-30(12-8-27)40-15-17-41(18-16-40)36(45)48-37(3,4)5/h7-14,19,21,23-25,28H,15-18,20,22H2,1-6H3/t24-,25-,28?/m1/s1. The lowest BCUT2D eigenvalue weighted by atomic mass is 10.0. The Labute approximate surface area is 287 Å². The Morgan fingerprint density at radius 1 is 0.979 bits per heavy atom. The molecule has 0 aliphatic carbocycles. The van der Waals surface area contributed by atoms with Gasteiger partial charge < -0.3 is 28.9 Å². The van der Waals surface area contributed by atoms with E-state index < -0.39 is 5.60 Å². The third kappa shape index (κ3) is 7.18. The van der Waals surface area contributed by atoms with Crippen LogP contribution in [0.2, 0.25) is 5.02 Å². The van der Waals surface area contributed by atoms with Crippen LogP contribution in [0.1, 0.15) is 52.6 Å². The first-order chi connectivity index (χ1) is 22.9. The zero-order valence-corrected chi connectivity index (χ0v) is 29.2. The molecule has 2 aromatic heterocycles. The molecule has 1 unspecified atom stereocenters. The van der Waals surface area contributed by atoms with E-state index in [1.54, 1.807) is 22.7 Å². The fourth-order valence-corrected chi connectivity index (χ4v) is 6.67. The molecule has 2 aliphatic rings. The van der Waals surface area contributed by atoms with Crippen molar-refractivity contribution in [3.05, 3.63) is 77.6 Å². The number of likely N-dealkylation sites (tertiary alicyclic amines) is 1. The maximum atomic E-state index is 13.2. The Morgan fingerprint density at radius 3 is 2.31 bits per heavy atom. The number of amides is 2. The minimum Gasteiger partial charge on any atom is -0.497 e. The number of methoxy groups -OCH3 is 1. The number of fused-ring (bicyclic) bond motifs is 1. The van der Waals surface area contributed by atoms with E-state index in [1.165, 1.54) is 0 Å². The van der Waals surface area contributed by atoms with Crippen LogP contribution in [-0.4, -0.2) is 83.0 Å². The van der Waals surface area contributed by atoms with Gasteiger partial charge in [-0.2, -0.15) is 5.10 Å². The van der Waals surface area contributed by atoms with Gasteiger partial charge >= 0.3 is 6.09 Å². The summed E-state index contributed by atoms with van der Waals surface area (Å²) < 4.78 is 19.2. The molecule has 0 bridgehead atoms. The van der Waals surface area contributed by atoms with Crippen molar-refractivity contribution < 1.29 is 23.8 Å². The predicted octanol–water partition coefficient (Wildman–Crippen LogP) is 7.10. The highest BCUT2D eigenvalue weighted by atomic mass is 35.5. The molecule has 254 valence electrons. The summed E-state index contributed by atoms with van der Waals surface area (Å²) in [4.78, 5) is 31.6. The number of carbonyl (C=O) groups excluding carboxylic acids is 2. The van der Waals surface area contributed by atoms with E-state index in [-0.39, 0.29) is 30.1 Å². The van der Waals surface area contributed by atoms with Crippen LogP contribution in [-0.2, 0) is 9.53 Å². The van der Waals surface area contributed by atoms with Gasteiger partial charge in [0.1, 0.15) is 28.7 Å². The number of hydrogen-bond donors (Lipinski definition) is 0. The summed E-state index contributed by atoms with van der Waals surface area (Å²) in [5.74, 6) is 1.54. The number of hydrogen-bond acceptors (Lipinski definition) is 7. The van der Waals surface area contributed by atoms with Crippen molar-refractivity contribution in [2.75, 3.05) is 44.7 Å². The van der Waals surface area contributed by atoms with E-state index in [9.17, 15) is 9.59 Å². The van der Waals surface area contributed by atoms with E-state index in [0.29, 0.717) is 42.3 Å². The lowest BCUT2D eigenvalue weighted by Crippen LogP contribution is -2.50. The summed E-state index contributed by atoms with van der Waals surface area (Å²) in [6.07, 6.45) is 3.48. The number of ether oxygens (including phenoxy) is 3. The molecule has 11 heteroatoms. The molecule has 2 aromatic carbocycles. The van der Waals surface area contributed by atoms with Crippen LogP contribution in [0.3, 0.4) is 0 Å². The lowest BCUT2D eigenvalue weighted by Gasteiger charge is -2.36. The molecule has 2 amide bonds. The topological polar surface area (TPSA) is 88.8 Å². The van der Waals surface area contributed by atoms with Gasteiger partial charge in [0.05, 0.1) is 24.4 Å². The van der Waals surface area contributed by atoms with E-state index in [0.717, 1.165) is 41.2 Å². The summed E-state index contributed by atoms with van der Waals surface area (Å²) in [5, 5.41) is 4.98. The number of rotatable bonds is 8. The first kappa shape index (κ1) is 33.5. The second kappa shape index (κ2) is 13.6. The van der Waals surface area contributed by atoms with Crippen molar-refractivity contribution >= 4 is 34.8 Å². The number of piperazine rings is 1. The fraction of sp³-hybridized carbons (Fsp3) is 0.432. The van der Waals surface area contributed by atoms with Crippen LogP contribution in [0.4, 0.5) is 10.5 Å². The highest BCUT2D eigenvalue weighted by Crippen LogP contribution is 2.36. The van der Waals surface area contributed by atoms with Gasteiger partial charge in [-0.3, -0.25) is 4.79 Å². The Kier molecular flexibility index (Phi) is 9.47. The Hall–Kier alpha value is -4.44. The summed E-state index contributed by atoms with van der Waals surface area (Å²) in [5.41, 5.74) is 4.28. The highest BCUT2D eigenvalue weighted by Gasteiger charge is 2.37. The van der Waals surface area contributed by atoms with Crippen molar-refractivity contribution in [2.45, 2.75) is 58.8 Å². The molecule has 48 heavy (non-hydrogen) atoms. The summed E-state index contributed by atoms with van der Waals surface area (Å²) in [6, 6.07) is 18.2. The number of pyridine rings is 1. The fourth-order valence-electron chi connectivity index (χ4n) is 6.44. The van der Waals surface area contributed by atoms with Crippen molar-refractivity contribution in [3.8, 4) is 22.6 Å². The molecule has 2 saturated heterocycles. The third-order valence-corrected chi connectivity index (χ3v) is 9.54. The second-order valence-corrected chi connectivity index (χ2v) is 14.1. The monoisotopic (exact) mass is 673 g/mol. The first-order valence-corrected chi connectivity index (χ1v) is 16.9. The van der Waals surface area contributed by atoms with E-state index in [4.69, 9.17) is 25.8 Å². The van der Waals surface area contributed by atoms with Crippen molar-refractivity contribution in [1.82, 2.24) is 19.4 Å². The molecule has 10 nitrogen and oxygen atoms in total. The molecule has 0 N–H and O–H groups in total. The van der Waals surface area contributed by atoms with Crippen molar-refractivity contribution in [2.24, 2.45) is 5.92 Å². The zero-order valence-electron chi connectivity index (χ0n) is 28.5. The number of aromatic nitrogens is 2. The molecule has 4 heterocycles. The number of halogens is 1. The second-order valence-electron chi connectivity index (χ2n) is 13.7. The average Bonchev–Trinajstić information content (AvgIpc) is 3.66. The quantitative estimate of drug-likeness (QED) is 0.197. The number of anilines is 1. The van der Waals surface area contributed by atoms with Gasteiger partial charge in [0.25, 0.3) is 0 Å². The van der Waals surface area contributed by atoms with Gasteiger partial charge in [0, 0.05) is 62.5 Å². The minimum atomic E-state index is -0.509. The van der Waals surface area contributed by atoms with E-state index in [2.05, 4.69) is 41.2 Å². The summed E-state index contributed by atoms with van der Waals surface area (Å²) in [6.45, 7) is 13.0. The van der Waals surface area contributed by atoms with Gasteiger partial charge in [-0.05, 0) is 76.1 Å². The van der Waals surface area contributed by atoms with Crippen LogP contribution in [0.5, 0.6) is 11.5 Å². The molecule has 0 spiro atoms. The maximum absolute atomic E-state index is 13.2. The molecule has 0 radical (unpaired) electrons. The van der Waals surface area contributed by atoms with Gasteiger partial charge in [0.15, 0.2) is 0 Å². The van der Waals surface area contributed by atoms with Gasteiger partial charge in [-0.15, -0.1) is 0 Å². The van der Waals surface area contributed by atoms with Crippen LogP contribution < -0.4 is 14.4 Å². The Morgan fingerprint density at radius 2 is 1.67 bits per heavy atom. The zero-order chi connectivity index (χ0) is 34.2. The number of nitrogens with zero attached hydrogens (tertiary/aromatic N) is 5. The van der Waals surface area contributed by atoms with E-state index in [1.807, 2.05) is 69.1 Å². The highest BCUT2D eigenvalue weighted by molar-refractivity contribution is 6.34. The van der Waals surface area contributed by atoms with Gasteiger partial charge in [-0.1, -0.05) is 35.9 Å². The summed E-state index contributed by atoms with van der Waals surface area (Å²) >= 11 is 6.59. The Bertz CT molecular complexity index is 1760. The predicted molar refractivity (Wildman–Crippen MR) is 187 cm³/mol. The molecule has 4 aromatic rings.